The van der Waals surface area contributed by atoms with Gasteiger partial charge in [-0.3, -0.25) is 0 Å². The molecule has 0 saturated carbocycles. The summed E-state index contributed by atoms with van der Waals surface area (Å²) in [4.78, 5) is 4.76. The third-order valence-electron chi connectivity index (χ3n) is 13.4. The molecule has 0 aliphatic rings. The average Bonchev–Trinajstić information content (AvgIpc) is 3.44. The van der Waals surface area contributed by atoms with Crippen LogP contribution in [0.3, 0.4) is 0 Å². The Bertz CT molecular complexity index is 3550. The highest BCUT2D eigenvalue weighted by molar-refractivity contribution is 6.13. The van der Waals surface area contributed by atoms with Crippen LogP contribution >= 0.6 is 0 Å². The Balaban J connectivity index is 1.02. The van der Waals surface area contributed by atoms with Gasteiger partial charge in [0.1, 0.15) is 0 Å². The number of fused-ring (bicyclic) bond motifs is 2. The number of rotatable bonds is 13. The van der Waals surface area contributed by atoms with E-state index in [1.54, 1.807) is 0 Å². The highest BCUT2D eigenvalue weighted by atomic mass is 15.1. The molecule has 0 amide bonds. The molecule has 0 saturated heterocycles. The van der Waals surface area contributed by atoms with Crippen molar-refractivity contribution in [3.63, 3.8) is 0 Å². The lowest BCUT2D eigenvalue weighted by Crippen LogP contribution is -2.11. The molecule has 0 aliphatic carbocycles. The largest absolute Gasteiger partial charge is 0.310 e. The Morgan fingerprint density at radius 2 is 0.486 bits per heavy atom. The zero-order valence-corrected chi connectivity index (χ0v) is 38.9. The van der Waals surface area contributed by atoms with Crippen LogP contribution in [-0.4, -0.2) is 0 Å². The Hall–Kier alpha value is -9.24. The molecule has 0 unspecified atom stereocenters. The van der Waals surface area contributed by atoms with Gasteiger partial charge in [0.25, 0.3) is 0 Å². The van der Waals surface area contributed by atoms with Gasteiger partial charge < -0.3 is 9.80 Å². The first-order valence-corrected chi connectivity index (χ1v) is 23.7. The minimum absolute atomic E-state index is 1.07. The first-order chi connectivity index (χ1) is 34.6. The molecule has 0 spiro atoms. The fourth-order valence-corrected chi connectivity index (χ4v) is 9.70. The summed E-state index contributed by atoms with van der Waals surface area (Å²) in [6, 6.07) is 89.9. The molecule has 2 nitrogen and oxygen atoms in total. The van der Waals surface area contributed by atoms with E-state index in [0.29, 0.717) is 0 Å². The maximum Gasteiger partial charge on any atom is 0.0540 e. The van der Waals surface area contributed by atoms with Crippen LogP contribution < -0.4 is 9.80 Å². The van der Waals surface area contributed by atoms with Gasteiger partial charge in [0.05, 0.1) is 11.4 Å². The van der Waals surface area contributed by atoms with Crippen LogP contribution in [0.5, 0.6) is 0 Å². The van der Waals surface area contributed by atoms with Crippen molar-refractivity contribution in [3.8, 4) is 44.5 Å². The zero-order chi connectivity index (χ0) is 47.4. The SMILES string of the molecule is C=Cc1ccc(-c2ccc(N(c3ccccc3)c3ccc(-c4ccc(N(c5ccc(-c6ccc(C=C)cc6)cc5)c5ccc(-c6ccc(C=C)cc6)cc5)c5ccccc45)c4ccccc34)cc2)cc1. The summed E-state index contributed by atoms with van der Waals surface area (Å²) < 4.78 is 0. The first kappa shape index (κ1) is 43.3. The fourth-order valence-electron chi connectivity index (χ4n) is 9.70. The molecule has 0 bridgehead atoms. The highest BCUT2D eigenvalue weighted by Crippen LogP contribution is 2.47. The molecule has 0 aliphatic heterocycles. The molecular formula is C68H50N2. The van der Waals surface area contributed by atoms with Gasteiger partial charge in [0, 0.05) is 33.5 Å². The molecule has 11 rings (SSSR count). The third kappa shape index (κ3) is 8.40. The summed E-state index contributed by atoms with van der Waals surface area (Å²) in [6.45, 7) is 11.8. The molecule has 0 heterocycles. The van der Waals surface area contributed by atoms with Gasteiger partial charge in [-0.1, -0.05) is 226 Å². The van der Waals surface area contributed by atoms with E-state index in [1.807, 2.05) is 18.2 Å². The molecular weight excluding hydrogens is 845 g/mol. The van der Waals surface area contributed by atoms with Gasteiger partial charge in [0.15, 0.2) is 0 Å². The maximum absolute atomic E-state index is 3.94. The molecule has 11 aromatic rings. The fraction of sp³-hybridized carbons (Fsp3) is 0. The Morgan fingerprint density at radius 3 is 0.786 bits per heavy atom. The van der Waals surface area contributed by atoms with E-state index in [2.05, 4.69) is 278 Å². The Kier molecular flexibility index (Phi) is 11.9. The van der Waals surface area contributed by atoms with E-state index < -0.39 is 0 Å². The van der Waals surface area contributed by atoms with Crippen molar-refractivity contribution in [2.75, 3.05) is 9.80 Å². The number of nitrogens with zero attached hydrogens (tertiary/aromatic N) is 2. The minimum Gasteiger partial charge on any atom is -0.310 e. The maximum atomic E-state index is 3.94. The smallest absolute Gasteiger partial charge is 0.0540 e. The van der Waals surface area contributed by atoms with Crippen molar-refractivity contribution in [1.82, 2.24) is 0 Å². The van der Waals surface area contributed by atoms with Crippen LogP contribution in [0.15, 0.2) is 268 Å². The van der Waals surface area contributed by atoms with Crippen molar-refractivity contribution in [2.24, 2.45) is 0 Å². The molecule has 0 N–H and O–H groups in total. The normalized spacial score (nSPS) is 11.0. The quantitative estimate of drug-likeness (QED) is 0.114. The number of benzene rings is 11. The molecule has 70 heavy (non-hydrogen) atoms. The molecule has 11 aromatic carbocycles. The zero-order valence-electron chi connectivity index (χ0n) is 38.9. The van der Waals surface area contributed by atoms with E-state index in [9.17, 15) is 0 Å². The predicted octanol–water partition coefficient (Wildman–Crippen LogP) is 19.5. The number of anilines is 6. The Morgan fingerprint density at radius 1 is 0.229 bits per heavy atom. The molecule has 2 heteroatoms. The molecule has 0 aromatic heterocycles. The summed E-state index contributed by atoms with van der Waals surface area (Å²) in [7, 11) is 0. The lowest BCUT2D eigenvalue weighted by Gasteiger charge is -2.29. The van der Waals surface area contributed by atoms with Gasteiger partial charge in [0.2, 0.25) is 0 Å². The number of hydrogen-bond acceptors (Lipinski definition) is 2. The van der Waals surface area contributed by atoms with Crippen molar-refractivity contribution < 1.29 is 0 Å². The molecule has 0 atom stereocenters. The van der Waals surface area contributed by atoms with E-state index in [1.165, 1.54) is 49.5 Å². The van der Waals surface area contributed by atoms with Crippen molar-refractivity contribution >= 4 is 73.9 Å². The van der Waals surface area contributed by atoms with Crippen molar-refractivity contribution in [3.05, 3.63) is 285 Å². The lowest BCUT2D eigenvalue weighted by atomic mass is 9.91. The predicted molar refractivity (Wildman–Crippen MR) is 303 cm³/mol. The van der Waals surface area contributed by atoms with Crippen molar-refractivity contribution in [2.45, 2.75) is 0 Å². The minimum atomic E-state index is 1.07. The highest BCUT2D eigenvalue weighted by Gasteiger charge is 2.21. The monoisotopic (exact) mass is 894 g/mol. The first-order valence-electron chi connectivity index (χ1n) is 23.7. The van der Waals surface area contributed by atoms with Crippen LogP contribution in [0, 0.1) is 0 Å². The van der Waals surface area contributed by atoms with E-state index in [-0.39, 0.29) is 0 Å². The number of hydrogen-bond donors (Lipinski definition) is 0. The van der Waals surface area contributed by atoms with E-state index in [0.717, 1.165) is 67.3 Å². The standard InChI is InChI=1S/C68H50N2/c1-4-48-20-26-51(27-21-48)54-32-38-58(39-33-54)69(57-14-8-7-9-15-57)67-46-44-63(61-16-10-12-18-65(61)67)64-45-47-68(66-19-13-11-17-62(64)66)70(59-40-34-55(35-41-59)52-28-22-49(5-2)23-29-52)60-42-36-56(37-43-60)53-30-24-50(6-3)25-31-53/h4-47H,1-3H2. The lowest BCUT2D eigenvalue weighted by molar-refractivity contribution is 1.30. The topological polar surface area (TPSA) is 6.48 Å². The second-order valence-electron chi connectivity index (χ2n) is 17.5. The van der Waals surface area contributed by atoms with Gasteiger partial charge in [-0.15, -0.1) is 0 Å². The van der Waals surface area contributed by atoms with E-state index >= 15 is 0 Å². The Labute approximate surface area is 411 Å². The molecule has 0 radical (unpaired) electrons. The van der Waals surface area contributed by atoms with Crippen LogP contribution in [0.25, 0.3) is 84.3 Å². The summed E-state index contributed by atoms with van der Waals surface area (Å²) in [5.41, 5.74) is 19.2. The third-order valence-corrected chi connectivity index (χ3v) is 13.4. The van der Waals surface area contributed by atoms with Crippen LogP contribution in [-0.2, 0) is 0 Å². The second kappa shape index (κ2) is 19.2. The summed E-state index contributed by atoms with van der Waals surface area (Å²) in [5, 5.41) is 4.69. The van der Waals surface area contributed by atoms with Crippen molar-refractivity contribution in [1.29, 1.82) is 0 Å². The van der Waals surface area contributed by atoms with E-state index in [4.69, 9.17) is 0 Å². The molecule has 332 valence electrons. The summed E-state index contributed by atoms with van der Waals surface area (Å²) in [6.07, 6.45) is 5.64. The second-order valence-corrected chi connectivity index (χ2v) is 17.5. The van der Waals surface area contributed by atoms with Crippen LogP contribution in [0.1, 0.15) is 16.7 Å². The average molecular weight is 895 g/mol. The van der Waals surface area contributed by atoms with Gasteiger partial charge in [-0.2, -0.15) is 0 Å². The summed E-state index contributed by atoms with van der Waals surface area (Å²) >= 11 is 0. The van der Waals surface area contributed by atoms with Gasteiger partial charge in [-0.05, 0) is 133 Å². The summed E-state index contributed by atoms with van der Waals surface area (Å²) in [5.74, 6) is 0. The van der Waals surface area contributed by atoms with Gasteiger partial charge in [-0.25, -0.2) is 0 Å². The number of para-hydroxylation sites is 1. The molecule has 0 fully saturated rings. The van der Waals surface area contributed by atoms with Crippen LogP contribution in [0.2, 0.25) is 0 Å². The van der Waals surface area contributed by atoms with Crippen LogP contribution in [0.4, 0.5) is 34.1 Å². The van der Waals surface area contributed by atoms with Gasteiger partial charge >= 0.3 is 0 Å².